The standard InChI is InChI=1S/C17H23NO6S/c1-4-25(21,22)15-8-6-5-7-14(15)17(20)23-11-16(19)18-9-12(2)24-13(3)10-18/h5-8,12-13H,4,9-11H2,1-3H3/t12-,13+. The van der Waals surface area contributed by atoms with Gasteiger partial charge in [0.25, 0.3) is 5.91 Å². The molecular formula is C17H23NO6S. The Bertz CT molecular complexity index is 735. The lowest BCUT2D eigenvalue weighted by Crippen LogP contribution is -2.49. The normalized spacial score (nSPS) is 21.0. The van der Waals surface area contributed by atoms with Gasteiger partial charge in [0, 0.05) is 13.1 Å². The highest BCUT2D eigenvalue weighted by Crippen LogP contribution is 2.18. The molecule has 25 heavy (non-hydrogen) atoms. The lowest BCUT2D eigenvalue weighted by Gasteiger charge is -2.35. The van der Waals surface area contributed by atoms with E-state index >= 15 is 0 Å². The second-order valence-corrected chi connectivity index (χ2v) is 8.28. The first-order valence-corrected chi connectivity index (χ1v) is 9.82. The average Bonchev–Trinajstić information content (AvgIpc) is 2.58. The van der Waals surface area contributed by atoms with Crippen molar-refractivity contribution in [3.63, 3.8) is 0 Å². The molecule has 0 N–H and O–H groups in total. The van der Waals surface area contributed by atoms with E-state index in [4.69, 9.17) is 9.47 Å². The van der Waals surface area contributed by atoms with Gasteiger partial charge < -0.3 is 14.4 Å². The van der Waals surface area contributed by atoms with Gasteiger partial charge in [0.1, 0.15) is 0 Å². The van der Waals surface area contributed by atoms with Gasteiger partial charge in [0.2, 0.25) is 0 Å². The molecule has 0 bridgehead atoms. The molecule has 0 aromatic heterocycles. The molecule has 0 spiro atoms. The Kier molecular flexibility index (Phi) is 6.18. The number of morpholine rings is 1. The summed E-state index contributed by atoms with van der Waals surface area (Å²) in [4.78, 5) is 26.0. The molecular weight excluding hydrogens is 346 g/mol. The monoisotopic (exact) mass is 369 g/mol. The molecule has 1 saturated heterocycles. The molecule has 1 fully saturated rings. The summed E-state index contributed by atoms with van der Waals surface area (Å²) in [5.41, 5.74) is -0.0548. The molecule has 0 radical (unpaired) electrons. The maximum atomic E-state index is 12.3. The van der Waals surface area contributed by atoms with Crippen LogP contribution in [0.5, 0.6) is 0 Å². The van der Waals surface area contributed by atoms with E-state index in [1.165, 1.54) is 19.1 Å². The fourth-order valence-corrected chi connectivity index (χ4v) is 3.82. The summed E-state index contributed by atoms with van der Waals surface area (Å²) in [6.07, 6.45) is -0.169. The minimum absolute atomic E-state index is 0.0548. The first-order valence-electron chi connectivity index (χ1n) is 8.16. The van der Waals surface area contributed by atoms with Gasteiger partial charge in [-0.1, -0.05) is 19.1 Å². The molecule has 7 nitrogen and oxygen atoms in total. The largest absolute Gasteiger partial charge is 0.452 e. The Balaban J connectivity index is 2.05. The van der Waals surface area contributed by atoms with Gasteiger partial charge in [-0.15, -0.1) is 0 Å². The summed E-state index contributed by atoms with van der Waals surface area (Å²) in [5, 5.41) is 0. The van der Waals surface area contributed by atoms with Crippen LogP contribution >= 0.6 is 0 Å². The summed E-state index contributed by atoms with van der Waals surface area (Å²) >= 11 is 0. The number of amides is 1. The van der Waals surface area contributed by atoms with E-state index in [2.05, 4.69) is 0 Å². The number of carbonyl (C=O) groups excluding carboxylic acids is 2. The molecule has 1 amide bonds. The second kappa shape index (κ2) is 7.97. The zero-order valence-electron chi connectivity index (χ0n) is 14.6. The molecule has 0 aliphatic carbocycles. The SMILES string of the molecule is CCS(=O)(=O)c1ccccc1C(=O)OCC(=O)N1C[C@@H](C)O[C@@H](C)C1. The van der Waals surface area contributed by atoms with Crippen LogP contribution in [0.15, 0.2) is 29.2 Å². The summed E-state index contributed by atoms with van der Waals surface area (Å²) in [6.45, 7) is 5.67. The lowest BCUT2D eigenvalue weighted by atomic mass is 10.2. The Morgan fingerprint density at radius 2 is 1.80 bits per heavy atom. The first kappa shape index (κ1) is 19.4. The molecule has 0 saturated carbocycles. The average molecular weight is 369 g/mol. The van der Waals surface area contributed by atoms with E-state index < -0.39 is 22.4 Å². The van der Waals surface area contributed by atoms with Crippen LogP contribution in [0.25, 0.3) is 0 Å². The molecule has 2 atom stereocenters. The van der Waals surface area contributed by atoms with Crippen molar-refractivity contribution in [2.24, 2.45) is 0 Å². The van der Waals surface area contributed by atoms with Crippen LogP contribution in [0.1, 0.15) is 31.1 Å². The van der Waals surface area contributed by atoms with Gasteiger partial charge in [-0.3, -0.25) is 4.79 Å². The second-order valence-electron chi connectivity index (χ2n) is 6.03. The van der Waals surface area contributed by atoms with Gasteiger partial charge >= 0.3 is 5.97 Å². The summed E-state index contributed by atoms with van der Waals surface area (Å²) in [5.74, 6) is -1.28. The number of sulfone groups is 1. The van der Waals surface area contributed by atoms with Gasteiger partial charge in [0.05, 0.1) is 28.4 Å². The number of nitrogens with zero attached hydrogens (tertiary/aromatic N) is 1. The van der Waals surface area contributed by atoms with Gasteiger partial charge in [-0.25, -0.2) is 13.2 Å². The van der Waals surface area contributed by atoms with E-state index in [-0.39, 0.29) is 34.3 Å². The third-order valence-corrected chi connectivity index (χ3v) is 5.71. The Labute approximate surface area is 147 Å². The zero-order valence-corrected chi connectivity index (χ0v) is 15.4. The first-order chi connectivity index (χ1) is 11.7. The topological polar surface area (TPSA) is 90.0 Å². The predicted molar refractivity (Wildman–Crippen MR) is 91.0 cm³/mol. The van der Waals surface area contributed by atoms with E-state index in [0.717, 1.165) is 0 Å². The van der Waals surface area contributed by atoms with Crippen molar-refractivity contribution >= 4 is 21.7 Å². The van der Waals surface area contributed by atoms with E-state index in [0.29, 0.717) is 13.1 Å². The van der Waals surface area contributed by atoms with Crippen molar-refractivity contribution in [2.75, 3.05) is 25.4 Å². The van der Waals surface area contributed by atoms with Crippen LogP contribution in [0.2, 0.25) is 0 Å². The third-order valence-electron chi connectivity index (χ3n) is 3.92. The molecule has 8 heteroatoms. The fraction of sp³-hybridized carbons (Fsp3) is 0.529. The quantitative estimate of drug-likeness (QED) is 0.726. The van der Waals surface area contributed by atoms with E-state index in [1.807, 2.05) is 13.8 Å². The molecule has 1 aliphatic heterocycles. The lowest BCUT2D eigenvalue weighted by molar-refractivity contribution is -0.146. The predicted octanol–water partition coefficient (Wildman–Crippen LogP) is 1.27. The van der Waals surface area contributed by atoms with Crippen molar-refractivity contribution < 1.29 is 27.5 Å². The van der Waals surface area contributed by atoms with Gasteiger partial charge in [-0.2, -0.15) is 0 Å². The zero-order chi connectivity index (χ0) is 18.6. The molecule has 1 heterocycles. The number of carbonyl (C=O) groups is 2. The van der Waals surface area contributed by atoms with Crippen molar-refractivity contribution in [2.45, 2.75) is 37.9 Å². The van der Waals surface area contributed by atoms with Crippen molar-refractivity contribution in [1.29, 1.82) is 0 Å². The van der Waals surface area contributed by atoms with Crippen molar-refractivity contribution in [3.05, 3.63) is 29.8 Å². The molecule has 1 aromatic carbocycles. The highest BCUT2D eigenvalue weighted by molar-refractivity contribution is 7.91. The van der Waals surface area contributed by atoms with Crippen LogP contribution in [-0.2, 0) is 24.1 Å². The number of rotatable bonds is 5. The fourth-order valence-electron chi connectivity index (χ4n) is 2.74. The summed E-state index contributed by atoms with van der Waals surface area (Å²) < 4.78 is 34.8. The maximum Gasteiger partial charge on any atom is 0.339 e. The number of benzene rings is 1. The number of esters is 1. The smallest absolute Gasteiger partial charge is 0.339 e. The van der Waals surface area contributed by atoms with Crippen LogP contribution in [0.4, 0.5) is 0 Å². The molecule has 138 valence electrons. The third kappa shape index (κ3) is 4.79. The molecule has 1 aliphatic rings. The highest BCUT2D eigenvalue weighted by Gasteiger charge is 2.27. The van der Waals surface area contributed by atoms with Crippen molar-refractivity contribution in [1.82, 2.24) is 4.90 Å². The van der Waals surface area contributed by atoms with Crippen LogP contribution < -0.4 is 0 Å². The molecule has 0 unspecified atom stereocenters. The van der Waals surface area contributed by atoms with Crippen LogP contribution in [0, 0.1) is 0 Å². The number of hydrogen-bond donors (Lipinski definition) is 0. The van der Waals surface area contributed by atoms with Crippen molar-refractivity contribution in [3.8, 4) is 0 Å². The van der Waals surface area contributed by atoms with Crippen LogP contribution in [-0.4, -0.2) is 62.9 Å². The Morgan fingerprint density at radius 3 is 2.40 bits per heavy atom. The number of ether oxygens (including phenoxy) is 2. The van der Waals surface area contributed by atoms with E-state index in [9.17, 15) is 18.0 Å². The summed E-state index contributed by atoms with van der Waals surface area (Å²) in [6, 6.07) is 5.84. The highest BCUT2D eigenvalue weighted by atomic mass is 32.2. The maximum absolute atomic E-state index is 12.3. The molecule has 2 rings (SSSR count). The Hall–Kier alpha value is -1.93. The summed E-state index contributed by atoms with van der Waals surface area (Å²) in [7, 11) is -3.56. The Morgan fingerprint density at radius 1 is 1.20 bits per heavy atom. The van der Waals surface area contributed by atoms with Gasteiger partial charge in [0.15, 0.2) is 16.4 Å². The minimum Gasteiger partial charge on any atom is -0.452 e. The minimum atomic E-state index is -3.56. The number of hydrogen-bond acceptors (Lipinski definition) is 6. The van der Waals surface area contributed by atoms with Gasteiger partial charge in [-0.05, 0) is 26.0 Å². The molecule has 1 aromatic rings. The van der Waals surface area contributed by atoms with E-state index in [1.54, 1.807) is 17.0 Å². The van der Waals surface area contributed by atoms with Crippen LogP contribution in [0.3, 0.4) is 0 Å².